The lowest BCUT2D eigenvalue weighted by Gasteiger charge is -2.11. The molecule has 0 radical (unpaired) electrons. The van der Waals surface area contributed by atoms with Gasteiger partial charge in [-0.3, -0.25) is 4.79 Å². The van der Waals surface area contributed by atoms with E-state index < -0.39 is 12.0 Å². The van der Waals surface area contributed by atoms with Crippen molar-refractivity contribution in [2.24, 2.45) is 0 Å². The van der Waals surface area contributed by atoms with Crippen LogP contribution in [0.2, 0.25) is 0 Å². The van der Waals surface area contributed by atoms with Crippen molar-refractivity contribution in [2.45, 2.75) is 19.9 Å². The summed E-state index contributed by atoms with van der Waals surface area (Å²) >= 11 is 0. The number of carbonyl (C=O) groups is 2. The highest BCUT2D eigenvalue weighted by molar-refractivity contribution is 5.75. The van der Waals surface area contributed by atoms with E-state index in [9.17, 15) is 9.59 Å². The molecule has 0 unspecified atom stereocenters. The zero-order chi connectivity index (χ0) is 14.3. The van der Waals surface area contributed by atoms with Crippen LogP contribution in [0.15, 0.2) is 18.2 Å². The topological polar surface area (TPSA) is 87.7 Å². The number of aryl methyl sites for hydroxylation is 1. The number of benzene rings is 1. The minimum absolute atomic E-state index is 0.0960. The van der Waals surface area contributed by atoms with E-state index in [4.69, 9.17) is 9.84 Å². The fraction of sp³-hybridized carbons (Fsp3) is 0.385. The Bertz CT molecular complexity index is 460. The van der Waals surface area contributed by atoms with Crippen LogP contribution in [0.5, 0.6) is 5.75 Å². The molecule has 104 valence electrons. The van der Waals surface area contributed by atoms with Crippen LogP contribution < -0.4 is 15.4 Å². The molecule has 0 aliphatic rings. The Kier molecular flexibility index (Phi) is 5.66. The Morgan fingerprint density at radius 1 is 1.32 bits per heavy atom. The quantitative estimate of drug-likeness (QED) is 0.723. The Labute approximate surface area is 111 Å². The van der Waals surface area contributed by atoms with Gasteiger partial charge in [0.05, 0.1) is 13.5 Å². The Balaban J connectivity index is 2.43. The smallest absolute Gasteiger partial charge is 0.315 e. The van der Waals surface area contributed by atoms with E-state index in [-0.39, 0.29) is 13.0 Å². The summed E-state index contributed by atoms with van der Waals surface area (Å²) in [5, 5.41) is 13.5. The van der Waals surface area contributed by atoms with Crippen LogP contribution >= 0.6 is 0 Å². The number of hydrogen-bond donors (Lipinski definition) is 3. The van der Waals surface area contributed by atoms with Gasteiger partial charge in [0.1, 0.15) is 5.75 Å². The lowest BCUT2D eigenvalue weighted by atomic mass is 10.1. The summed E-state index contributed by atoms with van der Waals surface area (Å²) in [6, 6.07) is 5.30. The number of hydrogen-bond acceptors (Lipinski definition) is 3. The van der Waals surface area contributed by atoms with Crippen LogP contribution in [-0.4, -0.2) is 30.8 Å². The second-order valence-electron chi connectivity index (χ2n) is 4.07. The number of amides is 2. The predicted octanol–water partition coefficient (Wildman–Crippen LogP) is 1.28. The molecule has 0 spiro atoms. The monoisotopic (exact) mass is 266 g/mol. The van der Waals surface area contributed by atoms with E-state index in [1.807, 2.05) is 25.1 Å². The van der Waals surface area contributed by atoms with Crippen molar-refractivity contribution in [3.63, 3.8) is 0 Å². The molecule has 6 heteroatoms. The zero-order valence-electron chi connectivity index (χ0n) is 11.0. The highest BCUT2D eigenvalue weighted by Gasteiger charge is 2.06. The lowest BCUT2D eigenvalue weighted by molar-refractivity contribution is -0.136. The molecule has 0 saturated carbocycles. The number of aliphatic carboxylic acids is 1. The van der Waals surface area contributed by atoms with Gasteiger partial charge >= 0.3 is 12.0 Å². The van der Waals surface area contributed by atoms with Crippen molar-refractivity contribution in [2.75, 3.05) is 13.7 Å². The molecule has 0 aliphatic carbocycles. The highest BCUT2D eigenvalue weighted by Crippen LogP contribution is 2.19. The number of rotatable bonds is 6. The molecule has 1 aromatic carbocycles. The number of methoxy groups -OCH3 is 1. The molecule has 1 aromatic rings. The summed E-state index contributed by atoms with van der Waals surface area (Å²) in [6.07, 6.45) is -0.0960. The van der Waals surface area contributed by atoms with Crippen molar-refractivity contribution < 1.29 is 19.4 Å². The maximum absolute atomic E-state index is 11.4. The number of ether oxygens (including phenoxy) is 1. The molecule has 0 saturated heterocycles. The second kappa shape index (κ2) is 7.25. The van der Waals surface area contributed by atoms with Crippen LogP contribution in [0.4, 0.5) is 4.79 Å². The van der Waals surface area contributed by atoms with Gasteiger partial charge < -0.3 is 20.5 Å². The van der Waals surface area contributed by atoms with Gasteiger partial charge in [-0.1, -0.05) is 12.1 Å². The summed E-state index contributed by atoms with van der Waals surface area (Å²) in [6.45, 7) is 2.38. The standard InChI is InChI=1S/C13H18N2O4/c1-9-3-4-10(11(7-9)19-2)8-15-13(18)14-6-5-12(16)17/h3-4,7H,5-6,8H2,1-2H3,(H,16,17)(H2,14,15,18). The van der Waals surface area contributed by atoms with E-state index >= 15 is 0 Å². The minimum Gasteiger partial charge on any atom is -0.496 e. The van der Waals surface area contributed by atoms with Gasteiger partial charge in [0.2, 0.25) is 0 Å². The summed E-state index contributed by atoms with van der Waals surface area (Å²) in [4.78, 5) is 21.7. The SMILES string of the molecule is COc1cc(C)ccc1CNC(=O)NCCC(=O)O. The van der Waals surface area contributed by atoms with E-state index in [0.717, 1.165) is 11.1 Å². The molecule has 3 N–H and O–H groups in total. The average molecular weight is 266 g/mol. The Morgan fingerprint density at radius 3 is 2.68 bits per heavy atom. The Hall–Kier alpha value is -2.24. The molecule has 6 nitrogen and oxygen atoms in total. The molecule has 2 amide bonds. The van der Waals surface area contributed by atoms with Crippen molar-refractivity contribution in [3.05, 3.63) is 29.3 Å². The summed E-state index contributed by atoms with van der Waals surface area (Å²) in [5.74, 6) is -0.230. The van der Waals surface area contributed by atoms with Gasteiger partial charge in [-0.15, -0.1) is 0 Å². The van der Waals surface area contributed by atoms with E-state index in [2.05, 4.69) is 10.6 Å². The maximum atomic E-state index is 11.4. The summed E-state index contributed by atoms with van der Waals surface area (Å²) in [7, 11) is 1.57. The number of carbonyl (C=O) groups excluding carboxylic acids is 1. The van der Waals surface area contributed by atoms with Crippen molar-refractivity contribution in [1.82, 2.24) is 10.6 Å². The summed E-state index contributed by atoms with van der Waals surface area (Å²) in [5.41, 5.74) is 1.94. The first-order chi connectivity index (χ1) is 9.02. The first kappa shape index (κ1) is 14.8. The first-order valence-electron chi connectivity index (χ1n) is 5.90. The predicted molar refractivity (Wildman–Crippen MR) is 70.2 cm³/mol. The Morgan fingerprint density at radius 2 is 2.05 bits per heavy atom. The van der Waals surface area contributed by atoms with Gasteiger partial charge in [0.25, 0.3) is 0 Å². The van der Waals surface area contributed by atoms with Gasteiger partial charge in [0, 0.05) is 18.7 Å². The number of carboxylic acids is 1. The molecule has 0 heterocycles. The average Bonchev–Trinajstić information content (AvgIpc) is 2.36. The molecule has 1 rings (SSSR count). The third kappa shape index (κ3) is 5.29. The molecule has 0 bridgehead atoms. The number of nitrogens with one attached hydrogen (secondary N) is 2. The maximum Gasteiger partial charge on any atom is 0.315 e. The second-order valence-corrected chi connectivity index (χ2v) is 4.07. The van der Waals surface area contributed by atoms with Gasteiger partial charge in [-0.2, -0.15) is 0 Å². The molecule has 0 aliphatic heterocycles. The van der Waals surface area contributed by atoms with E-state index in [1.54, 1.807) is 7.11 Å². The normalized spacial score (nSPS) is 9.79. The van der Waals surface area contributed by atoms with Crippen LogP contribution in [-0.2, 0) is 11.3 Å². The van der Waals surface area contributed by atoms with Crippen molar-refractivity contribution >= 4 is 12.0 Å². The van der Waals surface area contributed by atoms with Gasteiger partial charge in [-0.25, -0.2) is 4.79 Å². The van der Waals surface area contributed by atoms with Crippen LogP contribution in [0, 0.1) is 6.92 Å². The minimum atomic E-state index is -0.944. The molecule has 0 atom stereocenters. The highest BCUT2D eigenvalue weighted by atomic mass is 16.5. The van der Waals surface area contributed by atoms with Gasteiger partial charge in [0.15, 0.2) is 0 Å². The third-order valence-electron chi connectivity index (χ3n) is 2.51. The lowest BCUT2D eigenvalue weighted by Crippen LogP contribution is -2.36. The fourth-order valence-corrected chi connectivity index (χ4v) is 1.52. The molecule has 0 fully saturated rings. The largest absolute Gasteiger partial charge is 0.496 e. The summed E-state index contributed by atoms with van der Waals surface area (Å²) < 4.78 is 5.22. The molecule has 0 aromatic heterocycles. The molecule has 19 heavy (non-hydrogen) atoms. The van der Waals surface area contributed by atoms with Crippen LogP contribution in [0.25, 0.3) is 0 Å². The van der Waals surface area contributed by atoms with Gasteiger partial charge in [-0.05, 0) is 18.6 Å². The molecular weight excluding hydrogens is 248 g/mol. The van der Waals surface area contributed by atoms with E-state index in [0.29, 0.717) is 12.3 Å². The van der Waals surface area contributed by atoms with Crippen molar-refractivity contribution in [3.8, 4) is 5.75 Å². The van der Waals surface area contributed by atoms with E-state index in [1.165, 1.54) is 0 Å². The first-order valence-corrected chi connectivity index (χ1v) is 5.90. The third-order valence-corrected chi connectivity index (χ3v) is 2.51. The van der Waals surface area contributed by atoms with Crippen LogP contribution in [0.1, 0.15) is 17.5 Å². The van der Waals surface area contributed by atoms with Crippen molar-refractivity contribution in [1.29, 1.82) is 0 Å². The van der Waals surface area contributed by atoms with Crippen LogP contribution in [0.3, 0.4) is 0 Å². The number of carboxylic acid groups (broad SMARTS) is 1. The fourth-order valence-electron chi connectivity index (χ4n) is 1.52. The zero-order valence-corrected chi connectivity index (χ0v) is 11.0. The molecular formula is C13H18N2O4. The number of urea groups is 1.